The smallest absolute Gasteiger partial charge is 0.352 e. The number of carbonyl (C=O) groups is 6. The lowest BCUT2D eigenvalue weighted by Crippen LogP contribution is -2.49. The molecule has 1 aliphatic heterocycles. The van der Waals surface area contributed by atoms with Gasteiger partial charge in [0, 0.05) is 38.7 Å². The van der Waals surface area contributed by atoms with E-state index in [1.54, 1.807) is 50.2 Å². The number of rotatable bonds is 11. The fourth-order valence-corrected chi connectivity index (χ4v) is 4.58. The number of carboxylic acids is 1. The molecule has 15 heteroatoms. The minimum absolute atomic E-state index is 0.0412. The molecule has 0 saturated heterocycles. The standard InChI is InChI=1S/C36H35N3O12/c1-21(40)49-30(34(44)45)31(50-22(2)41)35(46)48-20-36(3,4)15-13-23-11-12-29-28(17-23)39(5)33(43)27(19-47-29)38-32(42)26-18-25(14-16-37-26)51-24-9-7-6-8-10-24/h6-12,14,16-18,27,30-31H,19-20H2,1-5H3,(H,38,42)(H,44,45)/t27?,30-,31-/m1/s1. The van der Waals surface area contributed by atoms with Gasteiger partial charge in [-0.3, -0.25) is 24.2 Å². The molecule has 1 aliphatic rings. The third kappa shape index (κ3) is 10.3. The van der Waals surface area contributed by atoms with Crippen molar-refractivity contribution in [3.05, 3.63) is 78.1 Å². The van der Waals surface area contributed by atoms with Crippen LogP contribution < -0.4 is 19.7 Å². The van der Waals surface area contributed by atoms with Gasteiger partial charge in [-0.25, -0.2) is 9.59 Å². The van der Waals surface area contributed by atoms with Crippen molar-refractivity contribution in [2.45, 2.75) is 45.9 Å². The van der Waals surface area contributed by atoms with Crippen LogP contribution in [0.2, 0.25) is 0 Å². The van der Waals surface area contributed by atoms with E-state index in [9.17, 15) is 33.9 Å². The van der Waals surface area contributed by atoms with Crippen LogP contribution in [0.4, 0.5) is 5.69 Å². The second-order valence-corrected chi connectivity index (χ2v) is 11.8. The maximum Gasteiger partial charge on any atom is 0.352 e. The molecule has 0 saturated carbocycles. The Bertz CT molecular complexity index is 1880. The van der Waals surface area contributed by atoms with Crippen molar-refractivity contribution in [3.63, 3.8) is 0 Å². The number of nitrogens with one attached hydrogen (secondary N) is 1. The Morgan fingerprint density at radius 2 is 1.69 bits per heavy atom. The molecule has 0 aliphatic carbocycles. The molecule has 1 aromatic heterocycles. The second-order valence-electron chi connectivity index (χ2n) is 11.8. The molecule has 3 aromatic rings. The topological polar surface area (TPSA) is 197 Å². The van der Waals surface area contributed by atoms with Crippen molar-refractivity contribution >= 4 is 41.4 Å². The van der Waals surface area contributed by atoms with Gasteiger partial charge in [-0.2, -0.15) is 0 Å². The van der Waals surface area contributed by atoms with Crippen LogP contribution in [0.15, 0.2) is 66.9 Å². The van der Waals surface area contributed by atoms with Gasteiger partial charge in [-0.05, 0) is 50.2 Å². The van der Waals surface area contributed by atoms with Crippen LogP contribution >= 0.6 is 0 Å². The molecular weight excluding hydrogens is 666 g/mol. The molecule has 2 aromatic carbocycles. The summed E-state index contributed by atoms with van der Waals surface area (Å²) in [6, 6.07) is 15.9. The lowest BCUT2D eigenvalue weighted by Gasteiger charge is -2.24. The third-order valence-electron chi connectivity index (χ3n) is 7.06. The molecule has 0 spiro atoms. The maximum absolute atomic E-state index is 13.4. The first kappa shape index (κ1) is 37.4. The average Bonchev–Trinajstić information content (AvgIpc) is 3.20. The van der Waals surface area contributed by atoms with Gasteiger partial charge in [0.15, 0.2) is 0 Å². The summed E-state index contributed by atoms with van der Waals surface area (Å²) in [5.41, 5.74) is -0.107. The molecule has 51 heavy (non-hydrogen) atoms. The van der Waals surface area contributed by atoms with Crippen LogP contribution in [-0.2, 0) is 38.2 Å². The molecule has 4 rings (SSSR count). The van der Waals surface area contributed by atoms with Crippen molar-refractivity contribution in [2.75, 3.05) is 25.2 Å². The zero-order chi connectivity index (χ0) is 37.3. The van der Waals surface area contributed by atoms with Crippen LogP contribution in [0.1, 0.15) is 43.7 Å². The van der Waals surface area contributed by atoms with E-state index >= 15 is 0 Å². The summed E-state index contributed by atoms with van der Waals surface area (Å²) in [7, 11) is 1.53. The predicted molar refractivity (Wildman–Crippen MR) is 178 cm³/mol. The van der Waals surface area contributed by atoms with Crippen LogP contribution in [0.3, 0.4) is 0 Å². The predicted octanol–water partition coefficient (Wildman–Crippen LogP) is 2.90. The zero-order valence-electron chi connectivity index (χ0n) is 28.3. The molecule has 2 N–H and O–H groups in total. The molecule has 0 radical (unpaired) electrons. The number of hydrogen-bond donors (Lipinski definition) is 2. The molecule has 2 heterocycles. The number of nitrogens with zero attached hydrogens (tertiary/aromatic N) is 2. The molecule has 1 unspecified atom stereocenters. The highest BCUT2D eigenvalue weighted by Gasteiger charge is 2.41. The summed E-state index contributed by atoms with van der Waals surface area (Å²) in [5, 5.41) is 12.1. The van der Waals surface area contributed by atoms with E-state index in [4.69, 9.17) is 18.9 Å². The van der Waals surface area contributed by atoms with Gasteiger partial charge in [-0.1, -0.05) is 30.0 Å². The summed E-state index contributed by atoms with van der Waals surface area (Å²) in [6.07, 6.45) is -2.74. The van der Waals surface area contributed by atoms with E-state index in [-0.39, 0.29) is 18.9 Å². The first-order valence-corrected chi connectivity index (χ1v) is 15.4. The molecule has 0 fully saturated rings. The Morgan fingerprint density at radius 1 is 1.00 bits per heavy atom. The van der Waals surface area contributed by atoms with Gasteiger partial charge >= 0.3 is 23.9 Å². The largest absolute Gasteiger partial charge is 0.489 e. The minimum Gasteiger partial charge on any atom is -0.489 e. The fraction of sp³-hybridized carbons (Fsp3) is 0.306. The maximum atomic E-state index is 13.4. The van der Waals surface area contributed by atoms with Crippen molar-refractivity contribution in [3.8, 4) is 29.1 Å². The Hall–Kier alpha value is -6.43. The first-order valence-electron chi connectivity index (χ1n) is 15.4. The van der Waals surface area contributed by atoms with Gasteiger partial charge in [0.05, 0.1) is 11.1 Å². The summed E-state index contributed by atoms with van der Waals surface area (Å²) in [4.78, 5) is 79.3. The summed E-state index contributed by atoms with van der Waals surface area (Å²) in [6.45, 7) is 4.67. The zero-order valence-corrected chi connectivity index (χ0v) is 28.3. The number of amides is 2. The number of benzene rings is 2. The van der Waals surface area contributed by atoms with Crippen LogP contribution in [0.5, 0.6) is 17.2 Å². The molecular formula is C36H35N3O12. The van der Waals surface area contributed by atoms with Crippen molar-refractivity contribution < 1.29 is 57.6 Å². The number of aliphatic carboxylic acids is 1. The summed E-state index contributed by atoms with van der Waals surface area (Å²) in [5.74, 6) is 1.24. The summed E-state index contributed by atoms with van der Waals surface area (Å²) < 4.78 is 26.4. The van der Waals surface area contributed by atoms with Crippen molar-refractivity contribution in [2.24, 2.45) is 5.41 Å². The van der Waals surface area contributed by atoms with E-state index < -0.39 is 59.4 Å². The lowest BCUT2D eigenvalue weighted by atomic mass is 9.95. The Balaban J connectivity index is 1.42. The molecule has 15 nitrogen and oxygen atoms in total. The van der Waals surface area contributed by atoms with Crippen molar-refractivity contribution in [1.29, 1.82) is 0 Å². The van der Waals surface area contributed by atoms with Gasteiger partial charge in [0.1, 0.15) is 42.2 Å². The van der Waals surface area contributed by atoms with E-state index in [0.29, 0.717) is 28.5 Å². The number of likely N-dealkylation sites (N-methyl/N-ethyl adjacent to an activating group) is 1. The number of carbonyl (C=O) groups excluding carboxylic acids is 5. The number of ether oxygens (including phenoxy) is 5. The second kappa shape index (κ2) is 16.3. The summed E-state index contributed by atoms with van der Waals surface area (Å²) >= 11 is 0. The minimum atomic E-state index is -2.12. The highest BCUT2D eigenvalue weighted by molar-refractivity contribution is 6.03. The number of pyridine rings is 1. The Kier molecular flexibility index (Phi) is 12.0. The van der Waals surface area contributed by atoms with E-state index in [2.05, 4.69) is 26.9 Å². The van der Waals surface area contributed by atoms with Gasteiger partial charge in [-0.15, -0.1) is 0 Å². The van der Waals surface area contributed by atoms with Crippen LogP contribution in [0, 0.1) is 17.3 Å². The number of aromatic nitrogens is 1. The number of esters is 3. The van der Waals surface area contributed by atoms with Crippen LogP contribution in [0.25, 0.3) is 0 Å². The number of para-hydroxylation sites is 1. The number of fused-ring (bicyclic) bond motifs is 1. The van der Waals surface area contributed by atoms with Crippen LogP contribution in [-0.4, -0.2) is 84.3 Å². The number of anilines is 1. The average molecular weight is 702 g/mol. The van der Waals surface area contributed by atoms with Gasteiger partial charge in [0.2, 0.25) is 12.2 Å². The third-order valence-corrected chi connectivity index (χ3v) is 7.06. The SMILES string of the molecule is CC(=O)O[C@@H](C(=O)O)[C@@H](OC(C)=O)C(=O)OCC(C)(C)C#Cc1ccc2c(c1)N(C)C(=O)C(NC(=O)c1cc(Oc3ccccc3)ccn1)CO2. The molecule has 266 valence electrons. The van der Waals surface area contributed by atoms with E-state index in [0.717, 1.165) is 13.8 Å². The highest BCUT2D eigenvalue weighted by Crippen LogP contribution is 2.32. The van der Waals surface area contributed by atoms with Crippen molar-refractivity contribution in [1.82, 2.24) is 10.3 Å². The Morgan fingerprint density at radius 3 is 2.35 bits per heavy atom. The first-order chi connectivity index (χ1) is 24.1. The quantitative estimate of drug-likeness (QED) is 0.168. The van der Waals surface area contributed by atoms with Gasteiger partial charge in [0.25, 0.3) is 11.8 Å². The monoisotopic (exact) mass is 701 g/mol. The molecule has 3 atom stereocenters. The normalized spacial score (nSPS) is 14.9. The number of hydrogen-bond acceptors (Lipinski definition) is 12. The number of carboxylic acid groups (broad SMARTS) is 1. The fourth-order valence-electron chi connectivity index (χ4n) is 4.58. The van der Waals surface area contributed by atoms with Gasteiger partial charge < -0.3 is 39.0 Å². The molecule has 2 amide bonds. The highest BCUT2D eigenvalue weighted by atomic mass is 16.6. The van der Waals surface area contributed by atoms with E-state index in [1.807, 2.05) is 18.2 Å². The molecule has 0 bridgehead atoms. The Labute approximate surface area is 292 Å². The lowest BCUT2D eigenvalue weighted by molar-refractivity contribution is -0.189. The van der Waals surface area contributed by atoms with E-state index in [1.165, 1.54) is 24.2 Å².